The molecule has 0 N–H and O–H groups in total. The van der Waals surface area contributed by atoms with Gasteiger partial charge in [0.05, 0.1) is 5.02 Å². The van der Waals surface area contributed by atoms with E-state index in [1.54, 1.807) is 28.6 Å². The lowest BCUT2D eigenvalue weighted by molar-refractivity contribution is 0.154. The molecule has 1 aliphatic rings. The third kappa shape index (κ3) is 3.18. The van der Waals surface area contributed by atoms with Gasteiger partial charge in [0, 0.05) is 13.1 Å². The van der Waals surface area contributed by atoms with E-state index in [0.717, 1.165) is 12.8 Å². The molecular weight excluding hydrogens is 294 g/mol. The minimum Gasteiger partial charge on any atom is -0.207 e. The van der Waals surface area contributed by atoms with Gasteiger partial charge in [-0.25, -0.2) is 8.42 Å². The van der Waals surface area contributed by atoms with Crippen LogP contribution in [-0.4, -0.2) is 25.8 Å². The Morgan fingerprint density at radius 1 is 1.15 bits per heavy atom. The van der Waals surface area contributed by atoms with E-state index in [-0.39, 0.29) is 10.3 Å². The van der Waals surface area contributed by atoms with Crippen molar-refractivity contribution in [1.82, 2.24) is 4.31 Å². The lowest BCUT2D eigenvalue weighted by atomic mass is 9.76. The minimum absolute atomic E-state index is 0.218. The first-order valence-electron chi connectivity index (χ1n) is 6.97. The van der Waals surface area contributed by atoms with E-state index in [9.17, 15) is 8.42 Å². The number of halogens is 1. The lowest BCUT2D eigenvalue weighted by Gasteiger charge is -2.38. The van der Waals surface area contributed by atoms with Crippen molar-refractivity contribution in [3.05, 3.63) is 29.3 Å². The molecule has 0 aromatic heterocycles. The average Bonchev–Trinajstić information content (AvgIpc) is 2.38. The molecule has 112 valence electrons. The second-order valence-corrected chi connectivity index (χ2v) is 8.79. The van der Waals surface area contributed by atoms with Gasteiger partial charge in [0.2, 0.25) is 10.0 Å². The van der Waals surface area contributed by atoms with E-state index in [1.165, 1.54) is 0 Å². The maximum atomic E-state index is 12.6. The summed E-state index contributed by atoms with van der Waals surface area (Å²) < 4.78 is 26.8. The quantitative estimate of drug-likeness (QED) is 0.832. The molecule has 0 unspecified atom stereocenters. The summed E-state index contributed by atoms with van der Waals surface area (Å²) in [5, 5.41) is 0.297. The van der Waals surface area contributed by atoms with E-state index in [4.69, 9.17) is 11.6 Å². The number of hydrogen-bond acceptors (Lipinski definition) is 2. The number of nitrogens with zero attached hydrogens (tertiary/aromatic N) is 1. The van der Waals surface area contributed by atoms with Gasteiger partial charge in [0.1, 0.15) is 4.90 Å². The molecule has 0 atom stereocenters. The van der Waals surface area contributed by atoms with E-state index in [0.29, 0.717) is 24.0 Å². The number of hydrogen-bond donors (Lipinski definition) is 0. The predicted molar refractivity (Wildman–Crippen MR) is 82.4 cm³/mol. The highest BCUT2D eigenvalue weighted by Crippen LogP contribution is 2.36. The van der Waals surface area contributed by atoms with Crippen molar-refractivity contribution < 1.29 is 8.42 Å². The molecule has 0 aliphatic carbocycles. The Bertz CT molecular complexity index is 570. The largest absolute Gasteiger partial charge is 0.244 e. The summed E-state index contributed by atoms with van der Waals surface area (Å²) in [4.78, 5) is 0.218. The molecular formula is C15H22ClNO2S. The fourth-order valence-corrected chi connectivity index (χ4v) is 4.72. The Hall–Kier alpha value is -0.580. The van der Waals surface area contributed by atoms with Crippen molar-refractivity contribution >= 4 is 21.6 Å². The van der Waals surface area contributed by atoms with Crippen LogP contribution >= 0.6 is 11.6 Å². The summed E-state index contributed by atoms with van der Waals surface area (Å²) in [6, 6.07) is 6.65. The fourth-order valence-electron chi connectivity index (χ4n) is 2.76. The van der Waals surface area contributed by atoms with Gasteiger partial charge in [-0.05, 0) is 36.3 Å². The first kappa shape index (κ1) is 15.8. The van der Waals surface area contributed by atoms with Crippen LogP contribution in [0, 0.1) is 11.3 Å². The van der Waals surface area contributed by atoms with Crippen LogP contribution in [0.2, 0.25) is 5.02 Å². The van der Waals surface area contributed by atoms with E-state index < -0.39 is 10.0 Å². The topological polar surface area (TPSA) is 37.4 Å². The van der Waals surface area contributed by atoms with Gasteiger partial charge in [-0.3, -0.25) is 0 Å². The summed E-state index contributed by atoms with van der Waals surface area (Å²) in [6.45, 7) is 7.81. The Labute approximate surface area is 127 Å². The van der Waals surface area contributed by atoms with E-state index >= 15 is 0 Å². The molecule has 0 amide bonds. The molecule has 1 aromatic carbocycles. The summed E-state index contributed by atoms with van der Waals surface area (Å²) in [5.74, 6) is 0.570. The molecule has 3 nitrogen and oxygen atoms in total. The Balaban J connectivity index is 2.16. The Morgan fingerprint density at radius 2 is 1.70 bits per heavy atom. The van der Waals surface area contributed by atoms with Crippen molar-refractivity contribution in [3.63, 3.8) is 0 Å². The van der Waals surface area contributed by atoms with Crippen LogP contribution in [0.3, 0.4) is 0 Å². The van der Waals surface area contributed by atoms with E-state index in [2.05, 4.69) is 20.8 Å². The minimum atomic E-state index is -3.46. The first-order valence-corrected chi connectivity index (χ1v) is 8.79. The zero-order chi connectivity index (χ0) is 15.0. The molecule has 5 heteroatoms. The van der Waals surface area contributed by atoms with Gasteiger partial charge in [-0.1, -0.05) is 44.5 Å². The summed E-state index contributed by atoms with van der Waals surface area (Å²) in [6.07, 6.45) is 1.82. The summed E-state index contributed by atoms with van der Waals surface area (Å²) >= 11 is 6.02. The third-order valence-electron chi connectivity index (χ3n) is 4.13. The van der Waals surface area contributed by atoms with Crippen LogP contribution in [0.25, 0.3) is 0 Å². The molecule has 0 radical (unpaired) electrons. The molecule has 1 saturated heterocycles. The molecule has 0 spiro atoms. The molecule has 1 fully saturated rings. The lowest BCUT2D eigenvalue weighted by Crippen LogP contribution is -2.41. The summed E-state index contributed by atoms with van der Waals surface area (Å²) in [5.41, 5.74) is 0.236. The van der Waals surface area contributed by atoms with Crippen LogP contribution in [-0.2, 0) is 10.0 Å². The van der Waals surface area contributed by atoms with Crippen LogP contribution in [0.1, 0.15) is 33.6 Å². The molecule has 20 heavy (non-hydrogen) atoms. The Kier molecular flexibility index (Phi) is 4.47. The van der Waals surface area contributed by atoms with Gasteiger partial charge in [-0.15, -0.1) is 0 Å². The monoisotopic (exact) mass is 315 g/mol. The number of sulfonamides is 1. The highest BCUT2D eigenvalue weighted by molar-refractivity contribution is 7.89. The molecule has 1 heterocycles. The van der Waals surface area contributed by atoms with Crippen molar-refractivity contribution in [2.75, 3.05) is 13.1 Å². The second-order valence-electron chi connectivity index (χ2n) is 6.47. The average molecular weight is 316 g/mol. The number of piperidine rings is 1. The highest BCUT2D eigenvalue weighted by Gasteiger charge is 2.34. The summed E-state index contributed by atoms with van der Waals surface area (Å²) in [7, 11) is -3.46. The highest BCUT2D eigenvalue weighted by atomic mass is 35.5. The molecule has 1 aliphatic heterocycles. The van der Waals surface area contributed by atoms with Gasteiger partial charge in [0.25, 0.3) is 0 Å². The third-order valence-corrected chi connectivity index (χ3v) is 6.53. The van der Waals surface area contributed by atoms with Crippen LogP contribution < -0.4 is 0 Å². The van der Waals surface area contributed by atoms with Gasteiger partial charge in [-0.2, -0.15) is 4.31 Å². The van der Waals surface area contributed by atoms with Crippen molar-refractivity contribution in [2.45, 2.75) is 38.5 Å². The first-order chi connectivity index (χ1) is 9.23. The second kappa shape index (κ2) is 5.66. The van der Waals surface area contributed by atoms with E-state index in [1.807, 2.05) is 0 Å². The zero-order valence-electron chi connectivity index (χ0n) is 12.3. The SMILES string of the molecule is CC(C)(C)C1CCN(S(=O)(=O)c2ccccc2Cl)CC1. The maximum absolute atomic E-state index is 12.6. The smallest absolute Gasteiger partial charge is 0.207 e. The van der Waals surface area contributed by atoms with Gasteiger partial charge < -0.3 is 0 Å². The van der Waals surface area contributed by atoms with Crippen molar-refractivity contribution in [2.24, 2.45) is 11.3 Å². The molecule has 2 rings (SSSR count). The van der Waals surface area contributed by atoms with Gasteiger partial charge >= 0.3 is 0 Å². The fraction of sp³-hybridized carbons (Fsp3) is 0.600. The van der Waals surface area contributed by atoms with Crippen LogP contribution in [0.4, 0.5) is 0 Å². The number of rotatable bonds is 2. The zero-order valence-corrected chi connectivity index (χ0v) is 13.8. The van der Waals surface area contributed by atoms with Crippen molar-refractivity contribution in [3.8, 4) is 0 Å². The standard InChI is InChI=1S/C15H22ClNO2S/c1-15(2,3)12-8-10-17(11-9-12)20(18,19)14-7-5-4-6-13(14)16/h4-7,12H,8-11H2,1-3H3. The van der Waals surface area contributed by atoms with Crippen molar-refractivity contribution in [1.29, 1.82) is 0 Å². The maximum Gasteiger partial charge on any atom is 0.244 e. The molecule has 0 bridgehead atoms. The normalized spacial score (nSPS) is 19.2. The number of benzene rings is 1. The molecule has 1 aromatic rings. The Morgan fingerprint density at radius 3 is 2.20 bits per heavy atom. The van der Waals surface area contributed by atoms with Crippen LogP contribution in [0.5, 0.6) is 0 Å². The molecule has 0 saturated carbocycles. The van der Waals surface area contributed by atoms with Crippen LogP contribution in [0.15, 0.2) is 29.2 Å². The predicted octanol–water partition coefficient (Wildman–Crippen LogP) is 3.79. The van der Waals surface area contributed by atoms with Gasteiger partial charge in [0.15, 0.2) is 0 Å².